The highest BCUT2D eigenvalue weighted by atomic mass is 16.7. The van der Waals surface area contributed by atoms with E-state index in [0.717, 1.165) is 34.8 Å². The van der Waals surface area contributed by atoms with Crippen molar-refractivity contribution in [2.75, 3.05) is 26.2 Å². The molecule has 0 unspecified atom stereocenters. The van der Waals surface area contributed by atoms with Crippen LogP contribution >= 0.6 is 0 Å². The highest BCUT2D eigenvalue weighted by molar-refractivity contribution is 5.98. The summed E-state index contributed by atoms with van der Waals surface area (Å²) in [6.07, 6.45) is -0.466. The van der Waals surface area contributed by atoms with E-state index in [9.17, 15) is 9.59 Å². The first kappa shape index (κ1) is 16.6. The van der Waals surface area contributed by atoms with Gasteiger partial charge < -0.3 is 15.1 Å². The van der Waals surface area contributed by atoms with E-state index in [1.165, 1.54) is 5.56 Å². The minimum Gasteiger partial charge on any atom is -0.318 e. The standard InChI is InChI=1S/C20H21N3O3/c1-14-3-2-4-15(11-14)16-5-6-18-17(12-16)13-23(19(18)24)26-20(25)22-9-7-21-8-10-22/h2-6,11-12,21H,7-10,13H2,1H3. The minimum absolute atomic E-state index is 0.265. The number of carbonyl (C=O) groups is 2. The quantitative estimate of drug-likeness (QED) is 0.903. The molecule has 0 aliphatic carbocycles. The monoisotopic (exact) mass is 351 g/mol. The molecule has 134 valence electrons. The van der Waals surface area contributed by atoms with Crippen molar-refractivity contribution in [3.63, 3.8) is 0 Å². The Bertz CT molecular complexity index is 859. The molecule has 0 bridgehead atoms. The van der Waals surface area contributed by atoms with Crippen molar-refractivity contribution in [1.82, 2.24) is 15.3 Å². The Hall–Kier alpha value is -2.86. The molecule has 1 saturated heterocycles. The van der Waals surface area contributed by atoms with Gasteiger partial charge in [0.1, 0.15) is 0 Å². The maximum absolute atomic E-state index is 12.5. The molecule has 2 aliphatic rings. The highest BCUT2D eigenvalue weighted by Gasteiger charge is 2.32. The van der Waals surface area contributed by atoms with Gasteiger partial charge in [0.15, 0.2) is 0 Å². The van der Waals surface area contributed by atoms with Crippen molar-refractivity contribution in [3.8, 4) is 11.1 Å². The summed E-state index contributed by atoms with van der Waals surface area (Å²) < 4.78 is 0. The van der Waals surface area contributed by atoms with E-state index >= 15 is 0 Å². The number of nitrogens with zero attached hydrogens (tertiary/aromatic N) is 2. The summed E-state index contributed by atoms with van der Waals surface area (Å²) in [6, 6.07) is 14.0. The maximum atomic E-state index is 12.5. The third-order valence-corrected chi connectivity index (χ3v) is 4.79. The van der Waals surface area contributed by atoms with Gasteiger partial charge in [0.25, 0.3) is 5.91 Å². The van der Waals surface area contributed by atoms with Crippen LogP contribution in [0.5, 0.6) is 0 Å². The van der Waals surface area contributed by atoms with Crippen molar-refractivity contribution >= 4 is 12.0 Å². The lowest BCUT2D eigenvalue weighted by Gasteiger charge is -2.27. The number of piperazine rings is 1. The number of nitrogens with one attached hydrogen (secondary N) is 1. The fraction of sp³-hybridized carbons (Fsp3) is 0.300. The molecule has 4 rings (SSSR count). The first-order valence-corrected chi connectivity index (χ1v) is 8.81. The van der Waals surface area contributed by atoms with Gasteiger partial charge in [0.05, 0.1) is 6.54 Å². The molecule has 2 aromatic carbocycles. The molecule has 0 atom stereocenters. The van der Waals surface area contributed by atoms with E-state index in [2.05, 4.69) is 24.4 Å². The average molecular weight is 351 g/mol. The van der Waals surface area contributed by atoms with Crippen LogP contribution in [0.2, 0.25) is 0 Å². The van der Waals surface area contributed by atoms with Crippen LogP contribution in [-0.2, 0) is 11.4 Å². The van der Waals surface area contributed by atoms with Crippen LogP contribution in [0.4, 0.5) is 4.79 Å². The molecular formula is C20H21N3O3. The SMILES string of the molecule is Cc1cccc(-c2ccc3c(c2)CN(OC(=O)N2CCNCC2)C3=O)c1. The summed E-state index contributed by atoms with van der Waals surface area (Å²) in [6.45, 7) is 4.99. The first-order chi connectivity index (χ1) is 12.6. The number of fused-ring (bicyclic) bond motifs is 1. The second kappa shape index (κ2) is 6.80. The normalized spacial score (nSPS) is 16.6. The van der Waals surface area contributed by atoms with E-state index < -0.39 is 6.09 Å². The zero-order valence-electron chi connectivity index (χ0n) is 14.7. The number of rotatable bonds is 2. The van der Waals surface area contributed by atoms with Crippen molar-refractivity contribution in [2.45, 2.75) is 13.5 Å². The molecule has 0 spiro atoms. The number of hydrogen-bond acceptors (Lipinski definition) is 4. The van der Waals surface area contributed by atoms with Crippen molar-refractivity contribution in [3.05, 3.63) is 59.2 Å². The largest absolute Gasteiger partial charge is 0.434 e. The Kier molecular flexibility index (Phi) is 4.34. The van der Waals surface area contributed by atoms with Crippen LogP contribution in [-0.4, -0.2) is 48.1 Å². The minimum atomic E-state index is -0.466. The molecule has 2 amide bonds. The predicted octanol–water partition coefficient (Wildman–Crippen LogP) is 2.57. The summed E-state index contributed by atoms with van der Waals surface area (Å²) in [7, 11) is 0. The molecular weight excluding hydrogens is 330 g/mol. The Morgan fingerprint density at radius 2 is 1.85 bits per heavy atom. The summed E-state index contributed by atoms with van der Waals surface area (Å²) in [5.74, 6) is -0.265. The molecule has 2 aromatic rings. The topological polar surface area (TPSA) is 61.9 Å². The van der Waals surface area contributed by atoms with Crippen molar-refractivity contribution < 1.29 is 14.4 Å². The van der Waals surface area contributed by atoms with Crippen LogP contribution in [0, 0.1) is 6.92 Å². The number of aryl methyl sites for hydroxylation is 1. The number of amides is 2. The molecule has 0 radical (unpaired) electrons. The summed E-state index contributed by atoms with van der Waals surface area (Å²) in [4.78, 5) is 31.8. The van der Waals surface area contributed by atoms with Gasteiger partial charge in [-0.1, -0.05) is 35.9 Å². The van der Waals surface area contributed by atoms with Gasteiger partial charge in [-0.05, 0) is 35.7 Å². The van der Waals surface area contributed by atoms with E-state index in [-0.39, 0.29) is 12.5 Å². The van der Waals surface area contributed by atoms with Gasteiger partial charge in [-0.15, -0.1) is 0 Å². The number of hydroxylamine groups is 2. The number of carbonyl (C=O) groups excluding carboxylic acids is 2. The Balaban J connectivity index is 1.51. The Morgan fingerprint density at radius 1 is 1.08 bits per heavy atom. The summed E-state index contributed by atoms with van der Waals surface area (Å²) >= 11 is 0. The second-order valence-corrected chi connectivity index (χ2v) is 6.68. The van der Waals surface area contributed by atoms with Crippen molar-refractivity contribution in [2.24, 2.45) is 0 Å². The van der Waals surface area contributed by atoms with Gasteiger partial charge in [-0.3, -0.25) is 4.79 Å². The van der Waals surface area contributed by atoms with Crippen LogP contribution in [0.15, 0.2) is 42.5 Å². The lowest BCUT2D eigenvalue weighted by Crippen LogP contribution is -2.48. The molecule has 2 aliphatic heterocycles. The number of benzene rings is 2. The second-order valence-electron chi connectivity index (χ2n) is 6.68. The fourth-order valence-electron chi connectivity index (χ4n) is 3.37. The molecule has 2 heterocycles. The smallest absolute Gasteiger partial charge is 0.318 e. The Morgan fingerprint density at radius 3 is 2.62 bits per heavy atom. The lowest BCUT2D eigenvalue weighted by atomic mass is 9.99. The van der Waals surface area contributed by atoms with E-state index in [4.69, 9.17) is 4.84 Å². The summed E-state index contributed by atoms with van der Waals surface area (Å²) in [5.41, 5.74) is 4.81. The van der Waals surface area contributed by atoms with Gasteiger partial charge >= 0.3 is 6.09 Å². The third-order valence-electron chi connectivity index (χ3n) is 4.79. The van der Waals surface area contributed by atoms with E-state index in [1.54, 1.807) is 4.90 Å². The first-order valence-electron chi connectivity index (χ1n) is 8.81. The van der Waals surface area contributed by atoms with E-state index in [1.807, 2.05) is 30.3 Å². The molecule has 0 aromatic heterocycles. The third kappa shape index (κ3) is 3.15. The maximum Gasteiger partial charge on any atom is 0.434 e. The molecule has 6 heteroatoms. The van der Waals surface area contributed by atoms with E-state index in [0.29, 0.717) is 18.7 Å². The molecule has 26 heavy (non-hydrogen) atoms. The van der Waals surface area contributed by atoms with Gasteiger partial charge in [0, 0.05) is 31.7 Å². The molecule has 1 N–H and O–H groups in total. The zero-order valence-corrected chi connectivity index (χ0v) is 14.7. The van der Waals surface area contributed by atoms with Crippen LogP contribution in [0.25, 0.3) is 11.1 Å². The zero-order chi connectivity index (χ0) is 18.1. The molecule has 1 fully saturated rings. The van der Waals surface area contributed by atoms with Crippen molar-refractivity contribution in [1.29, 1.82) is 0 Å². The molecule has 6 nitrogen and oxygen atoms in total. The van der Waals surface area contributed by atoms with Crippen LogP contribution < -0.4 is 5.32 Å². The highest BCUT2D eigenvalue weighted by Crippen LogP contribution is 2.29. The van der Waals surface area contributed by atoms with Gasteiger partial charge in [-0.25, -0.2) is 4.79 Å². The molecule has 0 saturated carbocycles. The lowest BCUT2D eigenvalue weighted by molar-refractivity contribution is -0.0833. The van der Waals surface area contributed by atoms with Crippen LogP contribution in [0.1, 0.15) is 21.5 Å². The predicted molar refractivity (Wildman–Crippen MR) is 97.4 cm³/mol. The number of hydrogen-bond donors (Lipinski definition) is 1. The fourth-order valence-corrected chi connectivity index (χ4v) is 3.37. The average Bonchev–Trinajstić information content (AvgIpc) is 2.97. The summed E-state index contributed by atoms with van der Waals surface area (Å²) in [5, 5.41) is 4.34. The van der Waals surface area contributed by atoms with Gasteiger partial charge in [-0.2, -0.15) is 5.06 Å². The van der Waals surface area contributed by atoms with Crippen LogP contribution in [0.3, 0.4) is 0 Å². The Labute approximate surface area is 152 Å². The van der Waals surface area contributed by atoms with Gasteiger partial charge in [0.2, 0.25) is 0 Å².